The van der Waals surface area contributed by atoms with Crippen LogP contribution in [0.2, 0.25) is 0 Å². The fourth-order valence-corrected chi connectivity index (χ4v) is 8.89. The van der Waals surface area contributed by atoms with Gasteiger partial charge in [-0.05, 0) is 44.9 Å². The molecule has 0 heterocycles. The van der Waals surface area contributed by atoms with Crippen molar-refractivity contribution in [1.29, 1.82) is 0 Å². The second-order valence-electron chi connectivity index (χ2n) is 19.6. The standard InChI is InChI=1S/C58H111NO5/c1-3-5-7-9-11-13-14-15-16-22-26-29-32-36-40-44-48-52-58(63)64-53-49-45-41-37-33-30-27-24-21-19-17-18-20-23-25-28-31-35-39-43-47-51-57(62)59-55(54-60)56(61)50-46-42-38-34-12-10-8-6-4-2/h30,33,41,45,55-56,60-61H,3-29,31-32,34-40,42-44,46-54H2,1-2H3,(H,59,62)/b33-30-,45-41-. The van der Waals surface area contributed by atoms with Crippen LogP contribution in [0.5, 0.6) is 0 Å². The van der Waals surface area contributed by atoms with Crippen molar-refractivity contribution >= 4 is 11.9 Å². The summed E-state index contributed by atoms with van der Waals surface area (Å²) < 4.78 is 5.42. The van der Waals surface area contributed by atoms with Gasteiger partial charge in [0.2, 0.25) is 5.91 Å². The number of esters is 1. The van der Waals surface area contributed by atoms with Crippen molar-refractivity contribution in [2.45, 2.75) is 321 Å². The van der Waals surface area contributed by atoms with E-state index in [9.17, 15) is 19.8 Å². The summed E-state index contributed by atoms with van der Waals surface area (Å²) in [6, 6.07) is -0.543. The Kier molecular flexibility index (Phi) is 52.6. The number of aliphatic hydroxyl groups excluding tert-OH is 2. The third kappa shape index (κ3) is 49.8. The molecular weight excluding hydrogens is 791 g/mol. The van der Waals surface area contributed by atoms with Gasteiger partial charge in [0.25, 0.3) is 0 Å². The molecule has 0 aliphatic rings. The first-order valence-corrected chi connectivity index (χ1v) is 28.6. The minimum Gasteiger partial charge on any atom is -0.465 e. The van der Waals surface area contributed by atoms with E-state index in [1.165, 1.54) is 225 Å². The number of nitrogens with one attached hydrogen (secondary N) is 1. The summed E-state index contributed by atoms with van der Waals surface area (Å²) >= 11 is 0. The molecule has 3 N–H and O–H groups in total. The van der Waals surface area contributed by atoms with Gasteiger partial charge < -0.3 is 20.3 Å². The quantitative estimate of drug-likeness (QED) is 0.0321. The molecule has 0 saturated carbocycles. The molecule has 378 valence electrons. The molecule has 0 rings (SSSR count). The van der Waals surface area contributed by atoms with Gasteiger partial charge in [-0.2, -0.15) is 0 Å². The first-order valence-electron chi connectivity index (χ1n) is 28.6. The Morgan fingerprint density at radius 1 is 0.438 bits per heavy atom. The molecule has 0 radical (unpaired) electrons. The lowest BCUT2D eigenvalue weighted by atomic mass is 10.0. The predicted molar refractivity (Wildman–Crippen MR) is 278 cm³/mol. The maximum absolute atomic E-state index is 12.4. The summed E-state index contributed by atoms with van der Waals surface area (Å²) in [6.45, 7) is 4.84. The number of hydrogen-bond acceptors (Lipinski definition) is 5. The highest BCUT2D eigenvalue weighted by Crippen LogP contribution is 2.17. The van der Waals surface area contributed by atoms with Crippen LogP contribution in [0.25, 0.3) is 0 Å². The second-order valence-corrected chi connectivity index (χ2v) is 19.6. The van der Waals surface area contributed by atoms with Crippen LogP contribution in [0, 0.1) is 0 Å². The molecule has 64 heavy (non-hydrogen) atoms. The van der Waals surface area contributed by atoms with Gasteiger partial charge in [0.15, 0.2) is 0 Å². The molecule has 0 aromatic rings. The molecule has 6 nitrogen and oxygen atoms in total. The maximum atomic E-state index is 12.4. The number of ether oxygens (including phenoxy) is 1. The van der Waals surface area contributed by atoms with Crippen molar-refractivity contribution < 1.29 is 24.5 Å². The zero-order valence-corrected chi connectivity index (χ0v) is 43.0. The summed E-state index contributed by atoms with van der Waals surface area (Å²) in [5.74, 6) is -0.0731. The lowest BCUT2D eigenvalue weighted by Crippen LogP contribution is -2.45. The van der Waals surface area contributed by atoms with Gasteiger partial charge in [0.05, 0.1) is 25.4 Å². The van der Waals surface area contributed by atoms with Crippen LogP contribution in [0.1, 0.15) is 309 Å². The third-order valence-corrected chi connectivity index (χ3v) is 13.3. The number of carbonyl (C=O) groups excluding carboxylic acids is 2. The van der Waals surface area contributed by atoms with E-state index < -0.39 is 12.1 Å². The monoisotopic (exact) mass is 902 g/mol. The molecule has 0 spiro atoms. The number of unbranched alkanes of at least 4 members (excludes halogenated alkanes) is 38. The van der Waals surface area contributed by atoms with E-state index in [1.54, 1.807) is 0 Å². The van der Waals surface area contributed by atoms with E-state index in [0.29, 0.717) is 25.9 Å². The molecule has 0 bridgehead atoms. The normalized spacial score (nSPS) is 12.8. The lowest BCUT2D eigenvalue weighted by Gasteiger charge is -2.22. The third-order valence-electron chi connectivity index (χ3n) is 13.3. The Morgan fingerprint density at radius 2 is 0.781 bits per heavy atom. The van der Waals surface area contributed by atoms with Gasteiger partial charge in [-0.15, -0.1) is 0 Å². The molecule has 0 aliphatic heterocycles. The smallest absolute Gasteiger partial charge is 0.305 e. The van der Waals surface area contributed by atoms with Crippen LogP contribution in [-0.2, 0) is 14.3 Å². The Hall–Kier alpha value is -1.66. The van der Waals surface area contributed by atoms with Crippen LogP contribution in [0.3, 0.4) is 0 Å². The number of aliphatic hydroxyl groups is 2. The van der Waals surface area contributed by atoms with Gasteiger partial charge in [-0.1, -0.05) is 276 Å². The average molecular weight is 903 g/mol. The maximum Gasteiger partial charge on any atom is 0.305 e. The zero-order valence-electron chi connectivity index (χ0n) is 43.0. The minimum absolute atomic E-state index is 0.0313. The van der Waals surface area contributed by atoms with Crippen LogP contribution in [-0.4, -0.2) is 47.4 Å². The van der Waals surface area contributed by atoms with Crippen molar-refractivity contribution in [1.82, 2.24) is 5.32 Å². The van der Waals surface area contributed by atoms with E-state index in [2.05, 4.69) is 43.5 Å². The van der Waals surface area contributed by atoms with Crippen molar-refractivity contribution in [3.8, 4) is 0 Å². The molecule has 1 amide bonds. The molecule has 0 aliphatic carbocycles. The zero-order chi connectivity index (χ0) is 46.5. The van der Waals surface area contributed by atoms with E-state index in [1.807, 2.05) is 0 Å². The van der Waals surface area contributed by atoms with Gasteiger partial charge >= 0.3 is 5.97 Å². The molecule has 2 atom stereocenters. The SMILES string of the molecule is CCCCCCCCCCCCCCCCCCCC(=O)OCC/C=C\C/C=C\CCCCCCCCCCCCCCCCC(=O)NC(CO)C(O)CCCCCCCCCCC. The Labute approximate surface area is 399 Å². The first-order chi connectivity index (χ1) is 31.5. The number of amides is 1. The largest absolute Gasteiger partial charge is 0.465 e. The van der Waals surface area contributed by atoms with E-state index in [-0.39, 0.29) is 18.5 Å². The van der Waals surface area contributed by atoms with Gasteiger partial charge in [-0.25, -0.2) is 0 Å². The summed E-state index contributed by atoms with van der Waals surface area (Å²) in [5, 5.41) is 23.1. The van der Waals surface area contributed by atoms with Crippen molar-refractivity contribution in [3.05, 3.63) is 24.3 Å². The Balaban J connectivity index is 3.41. The fraction of sp³-hybridized carbons (Fsp3) is 0.897. The molecule has 0 aromatic carbocycles. The summed E-state index contributed by atoms with van der Waals surface area (Å²) in [5.41, 5.74) is 0. The van der Waals surface area contributed by atoms with Crippen molar-refractivity contribution in [2.75, 3.05) is 13.2 Å². The van der Waals surface area contributed by atoms with E-state index in [4.69, 9.17) is 4.74 Å². The highest BCUT2D eigenvalue weighted by atomic mass is 16.5. The molecule has 6 heteroatoms. The van der Waals surface area contributed by atoms with E-state index in [0.717, 1.165) is 51.4 Å². The Morgan fingerprint density at radius 3 is 1.19 bits per heavy atom. The molecule has 0 fully saturated rings. The number of carbonyl (C=O) groups is 2. The summed E-state index contributed by atoms with van der Waals surface area (Å²) in [4.78, 5) is 24.4. The number of allylic oxidation sites excluding steroid dienone is 3. The second kappa shape index (κ2) is 54.0. The van der Waals surface area contributed by atoms with Crippen LogP contribution in [0.4, 0.5) is 0 Å². The topological polar surface area (TPSA) is 95.9 Å². The van der Waals surface area contributed by atoms with Crippen LogP contribution >= 0.6 is 0 Å². The fourth-order valence-electron chi connectivity index (χ4n) is 8.89. The van der Waals surface area contributed by atoms with Crippen molar-refractivity contribution in [2.24, 2.45) is 0 Å². The average Bonchev–Trinajstić information content (AvgIpc) is 3.29. The molecule has 0 aromatic heterocycles. The van der Waals surface area contributed by atoms with Crippen LogP contribution in [0.15, 0.2) is 24.3 Å². The first kappa shape index (κ1) is 62.3. The lowest BCUT2D eigenvalue weighted by molar-refractivity contribution is -0.143. The molecular formula is C58H111NO5. The van der Waals surface area contributed by atoms with Gasteiger partial charge in [0, 0.05) is 12.8 Å². The summed E-state index contributed by atoms with van der Waals surface area (Å²) in [6.07, 6.45) is 64.8. The van der Waals surface area contributed by atoms with Crippen molar-refractivity contribution in [3.63, 3.8) is 0 Å². The van der Waals surface area contributed by atoms with Crippen LogP contribution < -0.4 is 5.32 Å². The number of rotatable bonds is 53. The van der Waals surface area contributed by atoms with Gasteiger partial charge in [0.1, 0.15) is 0 Å². The minimum atomic E-state index is -0.665. The highest BCUT2D eigenvalue weighted by molar-refractivity contribution is 5.76. The predicted octanol–water partition coefficient (Wildman–Crippen LogP) is 17.5. The Bertz CT molecular complexity index is 997. The summed E-state index contributed by atoms with van der Waals surface area (Å²) in [7, 11) is 0. The molecule has 0 saturated heterocycles. The highest BCUT2D eigenvalue weighted by Gasteiger charge is 2.20. The van der Waals surface area contributed by atoms with Gasteiger partial charge in [-0.3, -0.25) is 9.59 Å². The number of hydrogen-bond donors (Lipinski definition) is 3. The molecule has 2 unspecified atom stereocenters. The van der Waals surface area contributed by atoms with E-state index >= 15 is 0 Å².